The molecule has 7 nitrogen and oxygen atoms in total. The van der Waals surface area contributed by atoms with Crippen LogP contribution in [0.2, 0.25) is 0 Å². The number of rotatable bonds is 5. The molecule has 0 saturated carbocycles. The Kier molecular flexibility index (Phi) is 5.41. The van der Waals surface area contributed by atoms with E-state index in [9.17, 15) is 14.7 Å². The summed E-state index contributed by atoms with van der Waals surface area (Å²) in [7, 11) is 0. The largest absolute Gasteiger partial charge is 0.475 e. The second-order valence-electron chi connectivity index (χ2n) is 8.15. The minimum Gasteiger partial charge on any atom is -0.475 e. The van der Waals surface area contributed by atoms with E-state index in [1.54, 1.807) is 11.0 Å². The molecule has 1 aromatic heterocycles. The zero-order valence-electron chi connectivity index (χ0n) is 17.6. The molecular weight excluding hydrogens is 408 g/mol. The first-order valence-corrected chi connectivity index (χ1v) is 10.7. The van der Waals surface area contributed by atoms with Gasteiger partial charge in [0.2, 0.25) is 5.76 Å². The lowest BCUT2D eigenvalue weighted by Crippen LogP contribution is -2.48. The Hall–Kier alpha value is -3.58. The van der Waals surface area contributed by atoms with Crippen molar-refractivity contribution in [2.75, 3.05) is 32.8 Å². The van der Waals surface area contributed by atoms with Crippen LogP contribution in [0.15, 0.2) is 65.3 Å². The van der Waals surface area contributed by atoms with Crippen molar-refractivity contribution in [1.29, 1.82) is 0 Å². The zero-order chi connectivity index (χ0) is 22.1. The number of furan rings is 1. The van der Waals surface area contributed by atoms with Crippen LogP contribution >= 0.6 is 0 Å². The summed E-state index contributed by atoms with van der Waals surface area (Å²) in [5.41, 5.74) is 5.45. The molecule has 0 atom stereocenters. The normalized spacial score (nSPS) is 15.9. The van der Waals surface area contributed by atoms with Crippen molar-refractivity contribution in [2.24, 2.45) is 0 Å². The number of hydrogen-bond acceptors (Lipinski definition) is 5. The lowest BCUT2D eigenvalue weighted by molar-refractivity contribution is 0.0654. The smallest absolute Gasteiger partial charge is 0.409 e. The van der Waals surface area contributed by atoms with Gasteiger partial charge in [0.1, 0.15) is 6.61 Å². The second-order valence-corrected chi connectivity index (χ2v) is 8.15. The molecule has 0 spiro atoms. The van der Waals surface area contributed by atoms with Crippen molar-refractivity contribution in [1.82, 2.24) is 9.80 Å². The Labute approximate surface area is 185 Å². The molecule has 164 valence electrons. The number of aromatic carboxylic acids is 1. The fourth-order valence-electron chi connectivity index (χ4n) is 4.66. The molecule has 1 N–H and O–H groups in total. The molecule has 2 aliphatic rings. The van der Waals surface area contributed by atoms with Crippen molar-refractivity contribution in [3.05, 3.63) is 83.3 Å². The average Bonchev–Trinajstić information content (AvgIpc) is 3.41. The van der Waals surface area contributed by atoms with E-state index in [1.165, 1.54) is 28.5 Å². The Bertz CT molecular complexity index is 1100. The van der Waals surface area contributed by atoms with Gasteiger partial charge in [0, 0.05) is 44.2 Å². The molecule has 32 heavy (non-hydrogen) atoms. The van der Waals surface area contributed by atoms with Crippen LogP contribution in [0, 0.1) is 0 Å². The summed E-state index contributed by atoms with van der Waals surface area (Å²) in [6.45, 7) is 3.16. The number of carboxylic acid groups (broad SMARTS) is 1. The number of amides is 1. The molecule has 0 bridgehead atoms. The molecular formula is C25H24N2O5. The maximum Gasteiger partial charge on any atom is 0.409 e. The van der Waals surface area contributed by atoms with Crippen LogP contribution in [-0.4, -0.2) is 59.8 Å². The minimum absolute atomic E-state index is 0.0241. The fourth-order valence-corrected chi connectivity index (χ4v) is 4.66. The summed E-state index contributed by atoms with van der Waals surface area (Å²) >= 11 is 0. The van der Waals surface area contributed by atoms with Crippen molar-refractivity contribution in [3.8, 4) is 11.1 Å². The van der Waals surface area contributed by atoms with Gasteiger partial charge >= 0.3 is 12.1 Å². The van der Waals surface area contributed by atoms with E-state index in [0.717, 1.165) is 0 Å². The van der Waals surface area contributed by atoms with Crippen molar-refractivity contribution >= 4 is 12.1 Å². The third-order valence-corrected chi connectivity index (χ3v) is 6.30. The Morgan fingerprint density at radius 2 is 1.56 bits per heavy atom. The predicted octanol–water partition coefficient (Wildman–Crippen LogP) is 4.04. The number of carbonyl (C=O) groups excluding carboxylic acids is 1. The van der Waals surface area contributed by atoms with Crippen LogP contribution in [0.3, 0.4) is 0 Å². The lowest BCUT2D eigenvalue weighted by atomic mass is 9.98. The van der Waals surface area contributed by atoms with Crippen molar-refractivity contribution in [3.63, 3.8) is 0 Å². The van der Waals surface area contributed by atoms with Crippen molar-refractivity contribution < 1.29 is 23.8 Å². The van der Waals surface area contributed by atoms with E-state index < -0.39 is 5.97 Å². The number of carbonyl (C=O) groups is 2. The summed E-state index contributed by atoms with van der Waals surface area (Å²) in [5, 5.41) is 9.19. The number of piperazine rings is 1. The molecule has 1 amide bonds. The quantitative estimate of drug-likeness (QED) is 0.655. The first-order chi connectivity index (χ1) is 15.6. The maximum absolute atomic E-state index is 12.7. The van der Waals surface area contributed by atoms with Crippen LogP contribution in [0.25, 0.3) is 11.1 Å². The molecule has 3 aromatic rings. The van der Waals surface area contributed by atoms with Gasteiger partial charge < -0.3 is 19.2 Å². The highest BCUT2D eigenvalue weighted by molar-refractivity contribution is 5.86. The topological polar surface area (TPSA) is 83.2 Å². The highest BCUT2D eigenvalue weighted by atomic mass is 16.6. The SMILES string of the molecule is O=C(O)c1occc1CN1CCN(C(=O)OCC2c3ccccc3-c3ccccc32)CC1. The molecule has 1 aliphatic heterocycles. The van der Waals surface area contributed by atoms with E-state index in [0.29, 0.717) is 44.9 Å². The maximum atomic E-state index is 12.7. The van der Waals surface area contributed by atoms with Gasteiger partial charge in [-0.25, -0.2) is 9.59 Å². The van der Waals surface area contributed by atoms with Gasteiger partial charge in [-0.15, -0.1) is 0 Å². The zero-order valence-corrected chi connectivity index (χ0v) is 17.6. The predicted molar refractivity (Wildman–Crippen MR) is 118 cm³/mol. The highest BCUT2D eigenvalue weighted by Crippen LogP contribution is 2.44. The van der Waals surface area contributed by atoms with Gasteiger partial charge in [-0.3, -0.25) is 4.90 Å². The standard InChI is InChI=1S/C25H24N2O5/c28-24(29)23-17(9-14-31-23)15-26-10-12-27(13-11-26)25(30)32-16-22-20-7-3-1-5-18(20)19-6-2-4-8-21(19)22/h1-9,14,22H,10-13,15-16H2,(H,28,29). The Morgan fingerprint density at radius 3 is 2.19 bits per heavy atom. The molecule has 7 heteroatoms. The summed E-state index contributed by atoms with van der Waals surface area (Å²) < 4.78 is 10.8. The van der Waals surface area contributed by atoms with Crippen LogP contribution in [-0.2, 0) is 11.3 Å². The number of ether oxygens (including phenoxy) is 1. The molecule has 1 saturated heterocycles. The number of benzene rings is 2. The van der Waals surface area contributed by atoms with Gasteiger partial charge in [-0.1, -0.05) is 48.5 Å². The van der Waals surface area contributed by atoms with Gasteiger partial charge in [0.25, 0.3) is 0 Å². The molecule has 1 aliphatic carbocycles. The number of fused-ring (bicyclic) bond motifs is 3. The average molecular weight is 432 g/mol. The second kappa shape index (κ2) is 8.51. The monoisotopic (exact) mass is 432 g/mol. The lowest BCUT2D eigenvalue weighted by Gasteiger charge is -2.34. The fraction of sp³-hybridized carbons (Fsp3) is 0.280. The van der Waals surface area contributed by atoms with E-state index in [2.05, 4.69) is 29.2 Å². The number of carboxylic acids is 1. The van der Waals surface area contributed by atoms with Crippen LogP contribution in [0.4, 0.5) is 4.79 Å². The third kappa shape index (κ3) is 3.76. The number of hydrogen-bond donors (Lipinski definition) is 1. The van der Waals surface area contributed by atoms with Gasteiger partial charge in [-0.2, -0.15) is 0 Å². The third-order valence-electron chi connectivity index (χ3n) is 6.30. The molecule has 1 fully saturated rings. The number of nitrogens with zero attached hydrogens (tertiary/aromatic N) is 2. The van der Waals surface area contributed by atoms with Crippen molar-refractivity contribution in [2.45, 2.75) is 12.5 Å². The van der Waals surface area contributed by atoms with Crippen LogP contribution in [0.1, 0.15) is 33.2 Å². The van der Waals surface area contributed by atoms with E-state index >= 15 is 0 Å². The van der Waals surface area contributed by atoms with E-state index in [-0.39, 0.29) is 17.8 Å². The Balaban J connectivity index is 1.18. The van der Waals surface area contributed by atoms with Gasteiger partial charge in [0.15, 0.2) is 0 Å². The highest BCUT2D eigenvalue weighted by Gasteiger charge is 2.30. The molecule has 5 rings (SSSR count). The molecule has 2 heterocycles. The summed E-state index contributed by atoms with van der Waals surface area (Å²) in [5.74, 6) is -1.05. The summed E-state index contributed by atoms with van der Waals surface area (Å²) in [6.07, 6.45) is 1.09. The minimum atomic E-state index is -1.07. The first kappa shape index (κ1) is 20.3. The molecule has 0 unspecified atom stereocenters. The van der Waals surface area contributed by atoms with E-state index in [1.807, 2.05) is 24.3 Å². The van der Waals surface area contributed by atoms with Gasteiger partial charge in [0.05, 0.1) is 6.26 Å². The van der Waals surface area contributed by atoms with E-state index in [4.69, 9.17) is 9.15 Å². The Morgan fingerprint density at radius 1 is 0.938 bits per heavy atom. The van der Waals surface area contributed by atoms with Crippen LogP contribution < -0.4 is 0 Å². The first-order valence-electron chi connectivity index (χ1n) is 10.7. The van der Waals surface area contributed by atoms with Crippen LogP contribution in [0.5, 0.6) is 0 Å². The van der Waals surface area contributed by atoms with Gasteiger partial charge in [-0.05, 0) is 28.3 Å². The molecule has 0 radical (unpaired) electrons. The summed E-state index contributed by atoms with van der Waals surface area (Å²) in [4.78, 5) is 27.8. The molecule has 2 aromatic carbocycles. The summed E-state index contributed by atoms with van der Waals surface area (Å²) in [6, 6.07) is 18.2.